The summed E-state index contributed by atoms with van der Waals surface area (Å²) in [6, 6.07) is 95.2. The third kappa shape index (κ3) is 9.83. The summed E-state index contributed by atoms with van der Waals surface area (Å²) < 4.78 is 14.2. The van der Waals surface area contributed by atoms with Crippen molar-refractivity contribution in [2.24, 2.45) is 14.1 Å². The van der Waals surface area contributed by atoms with Crippen LogP contribution in [0.2, 0.25) is 0 Å². The summed E-state index contributed by atoms with van der Waals surface area (Å²) in [5.41, 5.74) is 23.7. The molecule has 11 aromatic carbocycles. The van der Waals surface area contributed by atoms with Crippen LogP contribution in [0.4, 0.5) is 0 Å². The third-order valence-corrected chi connectivity index (χ3v) is 20.6. The lowest BCUT2D eigenvalue weighted by Crippen LogP contribution is -1.96. The fourth-order valence-corrected chi connectivity index (χ4v) is 15.5. The molecule has 1 N–H and O–H groups in total. The lowest BCUT2D eigenvalue weighted by molar-refractivity contribution is 0.671. The van der Waals surface area contributed by atoms with Crippen LogP contribution >= 0.6 is 22.7 Å². The molecule has 0 bridgehead atoms. The molecule has 0 aliphatic rings. The molecule has 0 amide bonds. The highest BCUT2D eigenvalue weighted by Crippen LogP contribution is 2.48. The van der Waals surface area contributed by atoms with Crippen LogP contribution in [-0.4, -0.2) is 38.6 Å². The average molecular weight is 1260 g/mol. The predicted octanol–water partition coefficient (Wildman–Crippen LogP) is 22.4. The molecule has 0 unspecified atom stereocenters. The van der Waals surface area contributed by atoms with Crippen LogP contribution in [0, 0.1) is 0 Å². The second-order valence-electron chi connectivity index (χ2n) is 24.1. The Kier molecular flexibility index (Phi) is 13.5. The second-order valence-corrected chi connectivity index (χ2v) is 26.1. The van der Waals surface area contributed by atoms with Crippen molar-refractivity contribution in [3.63, 3.8) is 0 Å². The Hall–Kier alpha value is -12.0. The van der Waals surface area contributed by atoms with Gasteiger partial charge in [-0.2, -0.15) is 0 Å². The topological polar surface area (TPSA) is 95.3 Å². The van der Waals surface area contributed by atoms with E-state index in [-0.39, 0.29) is 0 Å². The molecule has 0 saturated carbocycles. The van der Waals surface area contributed by atoms with Crippen LogP contribution < -0.4 is 0 Å². The van der Waals surface area contributed by atoms with E-state index in [0.717, 1.165) is 181 Å². The monoisotopic (exact) mass is 1260 g/mol. The van der Waals surface area contributed by atoms with Gasteiger partial charge in [0.15, 0.2) is 0 Å². The summed E-state index contributed by atoms with van der Waals surface area (Å²) in [6.45, 7) is 0. The van der Waals surface area contributed by atoms with Gasteiger partial charge < -0.3 is 23.1 Å². The largest absolute Gasteiger partial charge is 0.455 e. The van der Waals surface area contributed by atoms with Crippen molar-refractivity contribution >= 4 is 66.4 Å². The molecule has 0 aliphatic carbocycles. The summed E-state index contributed by atoms with van der Waals surface area (Å²) >= 11 is 3.34. The number of aromatic amines is 1. The van der Waals surface area contributed by atoms with Crippen molar-refractivity contribution in [3.05, 3.63) is 298 Å². The van der Waals surface area contributed by atoms with Gasteiger partial charge in [-0.15, -0.1) is 22.7 Å². The first-order chi connectivity index (χ1) is 46.9. The van der Waals surface area contributed by atoms with E-state index in [1.807, 2.05) is 36.9 Å². The molecular weight excluding hydrogens is 1200 g/mol. The molecule has 0 atom stereocenters. The first-order valence-electron chi connectivity index (χ1n) is 31.7. The van der Waals surface area contributed by atoms with Crippen molar-refractivity contribution in [2.45, 2.75) is 0 Å². The molecule has 0 fully saturated rings. The maximum atomic E-state index is 7.44. The average Bonchev–Trinajstić information content (AvgIpc) is 1.57. The van der Waals surface area contributed by atoms with E-state index in [2.05, 4.69) is 294 Å². The normalized spacial score (nSPS) is 11.7. The molecule has 0 saturated heterocycles. The molecule has 0 radical (unpaired) electrons. The van der Waals surface area contributed by atoms with E-state index >= 15 is 0 Å². The molecule has 18 aromatic rings. The first-order valence-corrected chi connectivity index (χ1v) is 33.3. The van der Waals surface area contributed by atoms with Gasteiger partial charge in [0.05, 0.1) is 55.7 Å². The van der Waals surface area contributed by atoms with Crippen LogP contribution in [0.1, 0.15) is 0 Å². The summed E-state index contributed by atoms with van der Waals surface area (Å²) in [5, 5.41) is 5.89. The second kappa shape index (κ2) is 23.0. The Balaban J connectivity index is 0.858. The number of thiazole rings is 2. The van der Waals surface area contributed by atoms with Crippen LogP contribution in [0.3, 0.4) is 0 Å². The summed E-state index contributed by atoms with van der Waals surface area (Å²) in [5.74, 6) is 1.80. The summed E-state index contributed by atoms with van der Waals surface area (Å²) in [7, 11) is 4.19. The van der Waals surface area contributed by atoms with Crippen molar-refractivity contribution in [2.75, 3.05) is 0 Å². The van der Waals surface area contributed by atoms with Gasteiger partial charge in [-0.25, -0.2) is 19.9 Å². The third-order valence-electron chi connectivity index (χ3n) is 18.4. The fraction of sp³-hybridized carbons (Fsp3) is 0.0238. The van der Waals surface area contributed by atoms with Gasteiger partial charge in [0.2, 0.25) is 0 Å². The fourth-order valence-electron chi connectivity index (χ4n) is 13.6. The van der Waals surface area contributed by atoms with E-state index in [9.17, 15) is 0 Å². The van der Waals surface area contributed by atoms with Crippen molar-refractivity contribution in [1.29, 1.82) is 0 Å². The van der Waals surface area contributed by atoms with E-state index in [1.54, 1.807) is 22.7 Å². The Morgan fingerprint density at radius 1 is 0.326 bits per heavy atom. The van der Waals surface area contributed by atoms with Crippen LogP contribution in [-0.2, 0) is 14.1 Å². The lowest BCUT2D eigenvalue weighted by Gasteiger charge is -2.12. The number of nitrogens with one attached hydrogen (secondary N) is 1. The quantitative estimate of drug-likeness (QED) is 0.124. The highest BCUT2D eigenvalue weighted by molar-refractivity contribution is 7.18. The van der Waals surface area contributed by atoms with Gasteiger partial charge in [-0.1, -0.05) is 200 Å². The molecule has 9 nitrogen and oxygen atoms in total. The number of hydrogen-bond acceptors (Lipinski definition) is 7. The van der Waals surface area contributed by atoms with Crippen molar-refractivity contribution in [1.82, 2.24) is 38.6 Å². The highest BCUT2D eigenvalue weighted by Gasteiger charge is 2.26. The number of aromatic nitrogens is 8. The van der Waals surface area contributed by atoms with Crippen molar-refractivity contribution < 1.29 is 4.42 Å². The number of H-pyrrole nitrogens is 1. The molecule has 0 spiro atoms. The van der Waals surface area contributed by atoms with Gasteiger partial charge in [0, 0.05) is 76.7 Å². The smallest absolute Gasteiger partial charge is 0.145 e. The number of benzene rings is 11. The minimum Gasteiger partial charge on any atom is -0.455 e. The summed E-state index contributed by atoms with van der Waals surface area (Å²) in [4.78, 5) is 26.2. The minimum atomic E-state index is 0.754. The van der Waals surface area contributed by atoms with Gasteiger partial charge in [0.1, 0.15) is 32.8 Å². The van der Waals surface area contributed by atoms with Gasteiger partial charge in [-0.3, -0.25) is 0 Å². The number of hydrogen-bond donors (Lipinski definition) is 1. The lowest BCUT2D eigenvalue weighted by atomic mass is 9.98. The van der Waals surface area contributed by atoms with E-state index < -0.39 is 0 Å². The molecule has 7 aromatic heterocycles. The predicted molar refractivity (Wildman–Crippen MR) is 393 cm³/mol. The van der Waals surface area contributed by atoms with Crippen LogP contribution in [0.15, 0.2) is 302 Å². The van der Waals surface area contributed by atoms with Gasteiger partial charge in [0.25, 0.3) is 0 Å². The van der Waals surface area contributed by atoms with Crippen LogP contribution in [0.25, 0.3) is 181 Å². The minimum absolute atomic E-state index is 0.754. The Bertz CT molecular complexity index is 5750. The zero-order valence-electron chi connectivity index (χ0n) is 51.6. The van der Waals surface area contributed by atoms with Gasteiger partial charge in [-0.05, 0) is 128 Å². The number of nitrogens with zero attached hydrogens (tertiary/aromatic N) is 7. The van der Waals surface area contributed by atoms with E-state index in [1.165, 1.54) is 0 Å². The number of rotatable bonds is 13. The standard InChI is InChI=1S/C84H56N8OS2/c1-90-75(53-22-10-4-11-23-53)48-86-81(90)61-32-18-30-57(38-61)59-34-36-73-66(40-59)67-41-60(58-31-19-33-62(39-58)82-87-49-76(91(82)2)54-24-12-5-13-25-54)35-37-74(67)92(73)65-45-69-68-42-63(72-44-64(47-85-72)52-20-8-3-9-21-52)43-70(83-88-50-77(94-83)55-26-14-6-15-27-55)79(68)93-80(69)71(46-65)84-89-51-78(95-84)56-28-16-7-17-29-56/h3-51,85H,1-2H3. The number of imidazole rings is 2. The molecule has 0 aliphatic heterocycles. The first kappa shape index (κ1) is 55.8. The van der Waals surface area contributed by atoms with Gasteiger partial charge >= 0.3 is 0 Å². The Morgan fingerprint density at radius 3 is 1.25 bits per heavy atom. The molecule has 450 valence electrons. The highest BCUT2D eigenvalue weighted by atomic mass is 32.1. The van der Waals surface area contributed by atoms with E-state index in [4.69, 9.17) is 24.4 Å². The SMILES string of the molecule is Cn1c(-c2ccccc2)cnc1-c1cccc(-c2ccc3c(c2)c2cc(-c4cccc(-c5ncc(-c6ccccc6)n5C)c4)ccc2n3-c2cc(-c3ncc(-c4ccccc4)s3)c3oc4c(-c5ncc(-c6ccccc6)s5)cc(-c5cc(-c6ccccc6)c[nH]5)cc4c3c2)c1. The Morgan fingerprint density at radius 2 is 0.747 bits per heavy atom. The molecule has 7 heterocycles. The Labute approximate surface area is 555 Å². The molecule has 95 heavy (non-hydrogen) atoms. The summed E-state index contributed by atoms with van der Waals surface area (Å²) in [6.07, 6.45) is 10.0. The zero-order chi connectivity index (χ0) is 63.1. The van der Waals surface area contributed by atoms with Crippen molar-refractivity contribution in [3.8, 4) is 138 Å². The molecule has 11 heteroatoms. The van der Waals surface area contributed by atoms with E-state index in [0.29, 0.717) is 0 Å². The number of furan rings is 1. The maximum absolute atomic E-state index is 7.44. The number of fused-ring (bicyclic) bond motifs is 6. The molecule has 18 rings (SSSR count). The van der Waals surface area contributed by atoms with Crippen LogP contribution in [0.5, 0.6) is 0 Å². The maximum Gasteiger partial charge on any atom is 0.145 e. The zero-order valence-corrected chi connectivity index (χ0v) is 53.3. The molecular formula is C84H56N8OS2.